The fourth-order valence-corrected chi connectivity index (χ4v) is 6.44. The number of benzene rings is 2. The maximum Gasteiger partial charge on any atom is 0.339 e. The number of aromatic nitrogens is 5. The highest BCUT2D eigenvalue weighted by molar-refractivity contribution is 5.89. The van der Waals surface area contributed by atoms with Crippen LogP contribution in [0.25, 0.3) is 16.8 Å². The Morgan fingerprint density at radius 1 is 1.14 bits per heavy atom. The van der Waals surface area contributed by atoms with Gasteiger partial charge in [-0.2, -0.15) is 5.10 Å². The second-order valence-corrected chi connectivity index (χ2v) is 11.8. The van der Waals surface area contributed by atoms with Gasteiger partial charge in [0.1, 0.15) is 5.56 Å². The topological polar surface area (TPSA) is 89.1 Å². The van der Waals surface area contributed by atoms with Crippen LogP contribution < -0.4 is 0 Å². The standard InChI is InChI=1S/C34H38N6O2/c1-5-23-13-25(6-2)22(3)18-39(19-23)20-24-9-7-10-26(14-24)27-11-8-12-28(15-27)40-33(31(17-35-40)34(41)42)30-16-29(30)32-21-38(4)37-36-32/h6-12,14-15,17,21,23,29-30H,2,5,13,16,18-20H2,1,3-4H3,(H,41,42)/t23?,29-,30-/m1/s1. The van der Waals surface area contributed by atoms with Crippen LogP contribution in [0.3, 0.4) is 0 Å². The van der Waals surface area contributed by atoms with E-state index < -0.39 is 5.97 Å². The average molecular weight is 563 g/mol. The Morgan fingerprint density at radius 2 is 1.93 bits per heavy atom. The van der Waals surface area contributed by atoms with Crippen LogP contribution >= 0.6 is 0 Å². The summed E-state index contributed by atoms with van der Waals surface area (Å²) in [5, 5.41) is 22.8. The second kappa shape index (κ2) is 11.5. The van der Waals surface area contributed by atoms with Crippen molar-refractivity contribution in [3.8, 4) is 16.8 Å². The van der Waals surface area contributed by atoms with E-state index in [1.54, 1.807) is 9.36 Å². The van der Waals surface area contributed by atoms with Crippen LogP contribution in [0, 0.1) is 5.92 Å². The predicted octanol–water partition coefficient (Wildman–Crippen LogP) is 6.37. The number of rotatable bonds is 9. The highest BCUT2D eigenvalue weighted by Gasteiger charge is 2.46. The number of carboxylic acid groups (broad SMARTS) is 1. The molecule has 216 valence electrons. The lowest BCUT2D eigenvalue weighted by Crippen LogP contribution is -2.28. The van der Waals surface area contributed by atoms with Gasteiger partial charge in [-0.3, -0.25) is 9.58 Å². The van der Waals surface area contributed by atoms with Crippen molar-refractivity contribution < 1.29 is 9.90 Å². The van der Waals surface area contributed by atoms with Gasteiger partial charge in [-0.05, 0) is 66.1 Å². The van der Waals surface area contributed by atoms with Gasteiger partial charge in [0.25, 0.3) is 0 Å². The molecule has 1 aliphatic carbocycles. The summed E-state index contributed by atoms with van der Waals surface area (Å²) >= 11 is 0. The minimum atomic E-state index is -0.964. The SMILES string of the molecule is C=CC1=C(C)CN(Cc2cccc(-c3cccc(-n4ncc(C(=O)O)c4[C@@H]4C[C@H]4c4cn(C)nn4)c3)c2)CC(CC)C1. The van der Waals surface area contributed by atoms with Gasteiger partial charge < -0.3 is 5.11 Å². The molecular formula is C34H38N6O2. The molecule has 8 heteroatoms. The van der Waals surface area contributed by atoms with Gasteiger partial charge in [0.05, 0.1) is 23.3 Å². The average Bonchev–Trinajstić information content (AvgIpc) is 3.49. The maximum absolute atomic E-state index is 12.2. The summed E-state index contributed by atoms with van der Waals surface area (Å²) in [6.45, 7) is 11.5. The molecule has 2 aromatic carbocycles. The molecule has 0 amide bonds. The van der Waals surface area contributed by atoms with Crippen LogP contribution in [0.5, 0.6) is 0 Å². The smallest absolute Gasteiger partial charge is 0.339 e. The Morgan fingerprint density at radius 3 is 2.64 bits per heavy atom. The Kier molecular flexibility index (Phi) is 7.64. The van der Waals surface area contributed by atoms with Gasteiger partial charge >= 0.3 is 5.97 Å². The van der Waals surface area contributed by atoms with Crippen molar-refractivity contribution >= 4 is 5.97 Å². The number of nitrogens with zero attached hydrogens (tertiary/aromatic N) is 6. The lowest BCUT2D eigenvalue weighted by molar-refractivity contribution is 0.0695. The molecule has 0 radical (unpaired) electrons. The van der Waals surface area contributed by atoms with E-state index in [0.717, 1.165) is 67.1 Å². The van der Waals surface area contributed by atoms with Gasteiger partial charge in [0, 0.05) is 44.7 Å². The summed E-state index contributed by atoms with van der Waals surface area (Å²) in [6.07, 6.45) is 8.50. The quantitative estimate of drug-likeness (QED) is 0.255. The Labute approximate surface area is 247 Å². The van der Waals surface area contributed by atoms with E-state index in [0.29, 0.717) is 5.92 Å². The minimum Gasteiger partial charge on any atom is -0.478 e. The lowest BCUT2D eigenvalue weighted by atomic mass is 9.96. The van der Waals surface area contributed by atoms with E-state index >= 15 is 0 Å². The minimum absolute atomic E-state index is 0.0296. The van der Waals surface area contributed by atoms with Crippen LogP contribution in [0.1, 0.15) is 72.3 Å². The van der Waals surface area contributed by atoms with Crippen LogP contribution in [0.4, 0.5) is 0 Å². The summed E-state index contributed by atoms with van der Waals surface area (Å²) in [6, 6.07) is 17.0. The first-order chi connectivity index (χ1) is 20.3. The van der Waals surface area contributed by atoms with Crippen molar-refractivity contribution in [2.75, 3.05) is 13.1 Å². The maximum atomic E-state index is 12.2. The number of aromatic carboxylic acids is 1. The number of carboxylic acids is 1. The molecule has 1 aliphatic heterocycles. The first-order valence-corrected chi connectivity index (χ1v) is 14.7. The van der Waals surface area contributed by atoms with E-state index in [1.165, 1.54) is 22.9 Å². The third-order valence-electron chi connectivity index (χ3n) is 8.79. The Balaban J connectivity index is 1.27. The monoisotopic (exact) mass is 562 g/mol. The number of hydrogen-bond donors (Lipinski definition) is 1. The molecule has 2 aliphatic rings. The summed E-state index contributed by atoms with van der Waals surface area (Å²) in [5.41, 5.74) is 8.99. The zero-order valence-electron chi connectivity index (χ0n) is 24.6. The van der Waals surface area contributed by atoms with Crippen molar-refractivity contribution in [3.63, 3.8) is 0 Å². The molecule has 0 bridgehead atoms. The van der Waals surface area contributed by atoms with E-state index in [9.17, 15) is 9.90 Å². The first kappa shape index (κ1) is 27.8. The molecule has 42 heavy (non-hydrogen) atoms. The molecule has 0 saturated heterocycles. The largest absolute Gasteiger partial charge is 0.478 e. The van der Waals surface area contributed by atoms with Gasteiger partial charge in [-0.1, -0.05) is 67.1 Å². The molecule has 1 saturated carbocycles. The molecular weight excluding hydrogens is 524 g/mol. The third-order valence-corrected chi connectivity index (χ3v) is 8.79. The first-order valence-electron chi connectivity index (χ1n) is 14.7. The van der Waals surface area contributed by atoms with Crippen molar-refractivity contribution in [1.29, 1.82) is 0 Å². The van der Waals surface area contributed by atoms with Gasteiger partial charge in [0.2, 0.25) is 0 Å². The number of allylic oxidation sites excluding steroid dienone is 2. The van der Waals surface area contributed by atoms with Gasteiger partial charge in [-0.15, -0.1) is 5.10 Å². The third kappa shape index (κ3) is 5.59. The highest BCUT2D eigenvalue weighted by Crippen LogP contribution is 2.55. The van der Waals surface area contributed by atoms with E-state index in [1.807, 2.05) is 31.5 Å². The Bertz CT molecular complexity index is 1660. The van der Waals surface area contributed by atoms with Gasteiger partial charge in [0.15, 0.2) is 0 Å². The zero-order valence-corrected chi connectivity index (χ0v) is 24.6. The summed E-state index contributed by atoms with van der Waals surface area (Å²) in [5.74, 6) is -0.162. The normalized spacial score (nSPS) is 20.9. The lowest BCUT2D eigenvalue weighted by Gasteiger charge is -2.24. The molecule has 0 spiro atoms. The van der Waals surface area contributed by atoms with Gasteiger partial charge in [-0.25, -0.2) is 9.48 Å². The molecule has 8 nitrogen and oxygen atoms in total. The van der Waals surface area contributed by atoms with Crippen molar-refractivity contribution in [2.24, 2.45) is 13.0 Å². The predicted molar refractivity (Wildman–Crippen MR) is 164 cm³/mol. The molecule has 1 unspecified atom stereocenters. The molecule has 3 atom stereocenters. The zero-order chi connectivity index (χ0) is 29.4. The molecule has 1 fully saturated rings. The van der Waals surface area contributed by atoms with Crippen molar-refractivity contribution in [3.05, 3.63) is 107 Å². The van der Waals surface area contributed by atoms with Crippen molar-refractivity contribution in [1.82, 2.24) is 29.7 Å². The summed E-state index contributed by atoms with van der Waals surface area (Å²) < 4.78 is 3.48. The van der Waals surface area contributed by atoms with E-state index in [2.05, 4.69) is 77.1 Å². The summed E-state index contributed by atoms with van der Waals surface area (Å²) in [7, 11) is 1.84. The number of hydrogen-bond acceptors (Lipinski definition) is 5. The fraction of sp³-hybridized carbons (Fsp3) is 0.353. The number of aryl methyl sites for hydroxylation is 1. The molecule has 3 heterocycles. The van der Waals surface area contributed by atoms with E-state index in [-0.39, 0.29) is 17.4 Å². The number of carbonyl (C=O) groups is 1. The van der Waals surface area contributed by atoms with Crippen LogP contribution in [-0.2, 0) is 13.6 Å². The molecule has 6 rings (SSSR count). The molecule has 2 aromatic heterocycles. The second-order valence-electron chi connectivity index (χ2n) is 11.8. The summed E-state index contributed by atoms with van der Waals surface area (Å²) in [4.78, 5) is 14.7. The molecule has 1 N–H and O–H groups in total. The van der Waals surface area contributed by atoms with Crippen LogP contribution in [-0.4, -0.2) is 53.8 Å². The van der Waals surface area contributed by atoms with Crippen molar-refractivity contribution in [2.45, 2.75) is 51.5 Å². The Hall–Kier alpha value is -4.30. The van der Waals surface area contributed by atoms with E-state index in [4.69, 9.17) is 0 Å². The highest BCUT2D eigenvalue weighted by atomic mass is 16.4. The van der Waals surface area contributed by atoms with Crippen LogP contribution in [0.15, 0.2) is 84.7 Å². The molecule has 4 aromatic rings. The fourth-order valence-electron chi connectivity index (χ4n) is 6.44. The van der Waals surface area contributed by atoms with Crippen LogP contribution in [0.2, 0.25) is 0 Å².